The van der Waals surface area contributed by atoms with Crippen molar-refractivity contribution < 1.29 is 14.3 Å². The standard InChI is InChI=1S/C28H32N8O3/c1-35(2)9-5-8-25(37)30-21-14-19(15-23(17-21)38-3)26-24-18-29-34-27(24)33-28(32-26)31-20-6-4-7-22(16-20)36-10-12-39-13-11-36/h4-8,14-18H,9-13H2,1-3H3,(H,30,37)(H2,29,31,32,33,34)/b8-5+. The van der Waals surface area contributed by atoms with Gasteiger partial charge in [-0.25, -0.2) is 4.98 Å². The third-order valence-corrected chi connectivity index (χ3v) is 6.21. The normalized spacial score (nSPS) is 13.8. The van der Waals surface area contributed by atoms with Crippen molar-refractivity contribution in [3.8, 4) is 17.0 Å². The van der Waals surface area contributed by atoms with Crippen LogP contribution in [0, 0.1) is 0 Å². The third-order valence-electron chi connectivity index (χ3n) is 6.21. The van der Waals surface area contributed by atoms with Crippen LogP contribution in [0.15, 0.2) is 60.8 Å². The van der Waals surface area contributed by atoms with Crippen LogP contribution in [0.1, 0.15) is 0 Å². The zero-order valence-electron chi connectivity index (χ0n) is 22.3. The number of benzene rings is 2. The van der Waals surface area contributed by atoms with Gasteiger partial charge in [0.2, 0.25) is 11.9 Å². The average molecular weight is 529 g/mol. The van der Waals surface area contributed by atoms with Crippen molar-refractivity contribution in [1.82, 2.24) is 25.1 Å². The molecule has 4 aromatic rings. The predicted octanol–water partition coefficient (Wildman–Crippen LogP) is 3.67. The van der Waals surface area contributed by atoms with Crippen LogP contribution >= 0.6 is 0 Å². The van der Waals surface area contributed by atoms with E-state index in [2.05, 4.69) is 42.8 Å². The number of H-pyrrole nitrogens is 1. The van der Waals surface area contributed by atoms with Crippen molar-refractivity contribution in [2.45, 2.75) is 0 Å². The molecule has 0 saturated carbocycles. The Morgan fingerprint density at radius 2 is 2.00 bits per heavy atom. The van der Waals surface area contributed by atoms with Gasteiger partial charge in [-0.2, -0.15) is 10.1 Å². The minimum absolute atomic E-state index is 0.227. The fourth-order valence-electron chi connectivity index (χ4n) is 4.32. The first kappa shape index (κ1) is 26.1. The van der Waals surface area contributed by atoms with Crippen LogP contribution in [0.25, 0.3) is 22.3 Å². The number of carbonyl (C=O) groups excluding carboxylic acids is 1. The largest absolute Gasteiger partial charge is 0.497 e. The number of hydrogen-bond donors (Lipinski definition) is 3. The van der Waals surface area contributed by atoms with E-state index in [1.807, 2.05) is 49.3 Å². The second-order valence-corrected chi connectivity index (χ2v) is 9.41. The van der Waals surface area contributed by atoms with Crippen LogP contribution in [-0.2, 0) is 9.53 Å². The molecule has 1 aliphatic rings. The van der Waals surface area contributed by atoms with Gasteiger partial charge in [-0.3, -0.25) is 9.89 Å². The first-order valence-corrected chi connectivity index (χ1v) is 12.7. The summed E-state index contributed by atoms with van der Waals surface area (Å²) in [6.45, 7) is 3.81. The average Bonchev–Trinajstić information content (AvgIpc) is 3.41. The Labute approximate surface area is 226 Å². The van der Waals surface area contributed by atoms with Crippen molar-refractivity contribution in [2.75, 3.05) is 69.6 Å². The molecule has 3 N–H and O–H groups in total. The molecule has 1 aliphatic heterocycles. The van der Waals surface area contributed by atoms with Crippen LogP contribution in [0.3, 0.4) is 0 Å². The van der Waals surface area contributed by atoms with Gasteiger partial charge in [0.05, 0.1) is 37.6 Å². The van der Waals surface area contributed by atoms with Gasteiger partial charge in [0.15, 0.2) is 5.65 Å². The number of ether oxygens (including phenoxy) is 2. The quantitative estimate of drug-likeness (QED) is 0.280. The van der Waals surface area contributed by atoms with Gasteiger partial charge in [0.25, 0.3) is 0 Å². The number of anilines is 4. The van der Waals surface area contributed by atoms with E-state index in [-0.39, 0.29) is 5.91 Å². The lowest BCUT2D eigenvalue weighted by Gasteiger charge is -2.29. The summed E-state index contributed by atoms with van der Waals surface area (Å²) in [4.78, 5) is 26.2. The molecule has 0 atom stereocenters. The number of amides is 1. The van der Waals surface area contributed by atoms with E-state index < -0.39 is 0 Å². The van der Waals surface area contributed by atoms with Crippen molar-refractivity contribution >= 4 is 40.0 Å². The Bertz CT molecular complexity index is 1480. The van der Waals surface area contributed by atoms with Gasteiger partial charge in [-0.1, -0.05) is 12.1 Å². The first-order chi connectivity index (χ1) is 19.0. The van der Waals surface area contributed by atoms with Gasteiger partial charge < -0.3 is 29.9 Å². The molecule has 5 rings (SSSR count). The number of methoxy groups -OCH3 is 1. The van der Waals surface area contributed by atoms with Crippen LogP contribution in [0.2, 0.25) is 0 Å². The van der Waals surface area contributed by atoms with E-state index in [9.17, 15) is 4.79 Å². The maximum atomic E-state index is 12.5. The molecule has 1 amide bonds. The van der Waals surface area contributed by atoms with Crippen LogP contribution in [0.5, 0.6) is 5.75 Å². The van der Waals surface area contributed by atoms with Gasteiger partial charge in [0.1, 0.15) is 5.75 Å². The number of morpholine rings is 1. The van der Waals surface area contributed by atoms with Gasteiger partial charge in [-0.05, 0) is 44.4 Å². The highest BCUT2D eigenvalue weighted by molar-refractivity contribution is 6.00. The molecule has 0 spiro atoms. The first-order valence-electron chi connectivity index (χ1n) is 12.7. The predicted molar refractivity (Wildman–Crippen MR) is 153 cm³/mol. The number of nitrogens with one attached hydrogen (secondary N) is 3. The molecule has 0 aliphatic carbocycles. The molecule has 2 aromatic carbocycles. The zero-order valence-corrected chi connectivity index (χ0v) is 22.3. The summed E-state index contributed by atoms with van der Waals surface area (Å²) in [5, 5.41) is 14.1. The monoisotopic (exact) mass is 528 g/mol. The molecular weight excluding hydrogens is 496 g/mol. The lowest BCUT2D eigenvalue weighted by Crippen LogP contribution is -2.36. The minimum atomic E-state index is -0.227. The number of aromatic amines is 1. The molecule has 1 saturated heterocycles. The lowest BCUT2D eigenvalue weighted by molar-refractivity contribution is -0.111. The number of hydrogen-bond acceptors (Lipinski definition) is 9. The Hall–Kier alpha value is -4.48. The second kappa shape index (κ2) is 11.9. The SMILES string of the molecule is COc1cc(NC(=O)/C=C/CN(C)C)cc(-c2nc(Nc3cccc(N4CCOCC4)c3)nc3[nH]ncc23)c1. The summed E-state index contributed by atoms with van der Waals surface area (Å²) < 4.78 is 11.0. The Morgan fingerprint density at radius 3 is 2.79 bits per heavy atom. The summed E-state index contributed by atoms with van der Waals surface area (Å²) in [7, 11) is 5.47. The van der Waals surface area contributed by atoms with E-state index in [1.165, 1.54) is 6.08 Å². The molecule has 0 unspecified atom stereocenters. The Kier molecular flexibility index (Phi) is 7.99. The summed E-state index contributed by atoms with van der Waals surface area (Å²) >= 11 is 0. The van der Waals surface area contributed by atoms with Crippen LogP contribution in [-0.4, -0.2) is 85.0 Å². The van der Waals surface area contributed by atoms with Gasteiger partial charge in [0, 0.05) is 54.4 Å². The van der Waals surface area contributed by atoms with Crippen molar-refractivity contribution in [1.29, 1.82) is 0 Å². The third kappa shape index (κ3) is 6.51. The van der Waals surface area contributed by atoms with Gasteiger partial charge >= 0.3 is 0 Å². The Balaban J connectivity index is 1.45. The number of nitrogens with zero attached hydrogens (tertiary/aromatic N) is 5. The fourth-order valence-corrected chi connectivity index (χ4v) is 4.32. The molecule has 2 aromatic heterocycles. The maximum absolute atomic E-state index is 12.5. The van der Waals surface area contributed by atoms with Gasteiger partial charge in [-0.15, -0.1) is 0 Å². The maximum Gasteiger partial charge on any atom is 0.248 e. The fraction of sp³-hybridized carbons (Fsp3) is 0.286. The summed E-state index contributed by atoms with van der Waals surface area (Å²) in [6, 6.07) is 13.6. The van der Waals surface area contributed by atoms with E-state index in [1.54, 1.807) is 19.4 Å². The van der Waals surface area contributed by atoms with E-state index in [0.717, 1.165) is 48.6 Å². The number of rotatable bonds is 9. The molecule has 0 radical (unpaired) electrons. The molecule has 0 bridgehead atoms. The highest BCUT2D eigenvalue weighted by atomic mass is 16.5. The molecule has 11 nitrogen and oxygen atoms in total. The number of carbonyl (C=O) groups is 1. The molecule has 3 heterocycles. The highest BCUT2D eigenvalue weighted by Crippen LogP contribution is 2.33. The molecule has 11 heteroatoms. The number of aromatic nitrogens is 4. The summed E-state index contributed by atoms with van der Waals surface area (Å²) in [5.41, 5.74) is 4.56. The topological polar surface area (TPSA) is 121 Å². The summed E-state index contributed by atoms with van der Waals surface area (Å²) in [5.74, 6) is 0.777. The summed E-state index contributed by atoms with van der Waals surface area (Å²) in [6.07, 6.45) is 5.02. The minimum Gasteiger partial charge on any atom is -0.497 e. The zero-order chi connectivity index (χ0) is 27.2. The lowest BCUT2D eigenvalue weighted by atomic mass is 10.1. The second-order valence-electron chi connectivity index (χ2n) is 9.41. The molecule has 1 fully saturated rings. The highest BCUT2D eigenvalue weighted by Gasteiger charge is 2.16. The molecular formula is C28H32N8O3. The van der Waals surface area contributed by atoms with Crippen molar-refractivity contribution in [3.05, 3.63) is 60.8 Å². The van der Waals surface area contributed by atoms with Crippen molar-refractivity contribution in [2.24, 2.45) is 0 Å². The number of fused-ring (bicyclic) bond motifs is 1. The molecule has 202 valence electrons. The van der Waals surface area contributed by atoms with Crippen LogP contribution in [0.4, 0.5) is 23.0 Å². The Morgan fingerprint density at radius 1 is 1.15 bits per heavy atom. The van der Waals surface area contributed by atoms with E-state index in [4.69, 9.17) is 14.5 Å². The van der Waals surface area contributed by atoms with E-state index in [0.29, 0.717) is 35.3 Å². The number of likely N-dealkylation sites (N-methyl/N-ethyl adjacent to an activating group) is 1. The molecule has 39 heavy (non-hydrogen) atoms. The van der Waals surface area contributed by atoms with Crippen molar-refractivity contribution in [3.63, 3.8) is 0 Å². The van der Waals surface area contributed by atoms with Crippen LogP contribution < -0.4 is 20.3 Å². The van der Waals surface area contributed by atoms with E-state index >= 15 is 0 Å². The smallest absolute Gasteiger partial charge is 0.248 e.